The summed E-state index contributed by atoms with van der Waals surface area (Å²) in [5.74, 6) is -2.07. The van der Waals surface area contributed by atoms with E-state index in [1.165, 1.54) is 6.92 Å². The Kier molecular flexibility index (Phi) is 5.60. The standard InChI is InChI=1S/C10H16O4/c1-4-5-8(9(11)12)6-14-10(13)7(2)3/h8H,2,4-6H2,1,3H3,(H,11,12). The van der Waals surface area contributed by atoms with Crippen molar-refractivity contribution in [2.24, 2.45) is 5.92 Å². The summed E-state index contributed by atoms with van der Waals surface area (Å²) in [6.45, 7) is 6.74. The van der Waals surface area contributed by atoms with Crippen LogP contribution in [0.1, 0.15) is 26.7 Å². The summed E-state index contributed by atoms with van der Waals surface area (Å²) in [7, 11) is 0. The summed E-state index contributed by atoms with van der Waals surface area (Å²) in [6.07, 6.45) is 1.26. The van der Waals surface area contributed by atoms with E-state index in [9.17, 15) is 9.59 Å². The fourth-order valence-electron chi connectivity index (χ4n) is 0.926. The molecule has 0 radical (unpaired) electrons. The van der Waals surface area contributed by atoms with Crippen molar-refractivity contribution in [2.45, 2.75) is 26.7 Å². The van der Waals surface area contributed by atoms with Gasteiger partial charge in [0, 0.05) is 5.57 Å². The van der Waals surface area contributed by atoms with Crippen LogP contribution in [0.4, 0.5) is 0 Å². The second-order valence-corrected chi connectivity index (χ2v) is 3.20. The van der Waals surface area contributed by atoms with Crippen molar-refractivity contribution in [3.05, 3.63) is 12.2 Å². The van der Waals surface area contributed by atoms with E-state index in [1.54, 1.807) is 0 Å². The van der Waals surface area contributed by atoms with Gasteiger partial charge in [0.15, 0.2) is 0 Å². The molecule has 0 spiro atoms. The zero-order chi connectivity index (χ0) is 11.1. The third-order valence-corrected chi connectivity index (χ3v) is 1.75. The molecule has 0 aromatic heterocycles. The van der Waals surface area contributed by atoms with Crippen LogP contribution in [0.5, 0.6) is 0 Å². The molecule has 0 rings (SSSR count). The van der Waals surface area contributed by atoms with Crippen molar-refractivity contribution in [1.82, 2.24) is 0 Å². The first-order valence-corrected chi connectivity index (χ1v) is 4.54. The average molecular weight is 200 g/mol. The summed E-state index contributed by atoms with van der Waals surface area (Å²) >= 11 is 0. The smallest absolute Gasteiger partial charge is 0.333 e. The Hall–Kier alpha value is -1.32. The highest BCUT2D eigenvalue weighted by molar-refractivity contribution is 5.87. The van der Waals surface area contributed by atoms with Crippen LogP contribution in [0.3, 0.4) is 0 Å². The molecule has 80 valence electrons. The van der Waals surface area contributed by atoms with Gasteiger partial charge < -0.3 is 9.84 Å². The molecule has 0 aromatic rings. The number of hydrogen-bond donors (Lipinski definition) is 1. The molecule has 1 N–H and O–H groups in total. The number of carbonyl (C=O) groups is 2. The molecule has 0 saturated heterocycles. The zero-order valence-corrected chi connectivity index (χ0v) is 8.58. The Morgan fingerprint density at radius 1 is 1.50 bits per heavy atom. The molecule has 1 unspecified atom stereocenters. The van der Waals surface area contributed by atoms with Crippen LogP contribution < -0.4 is 0 Å². The van der Waals surface area contributed by atoms with Gasteiger partial charge in [0.2, 0.25) is 0 Å². The number of rotatable bonds is 6. The van der Waals surface area contributed by atoms with Gasteiger partial charge in [-0.1, -0.05) is 19.9 Å². The van der Waals surface area contributed by atoms with Crippen molar-refractivity contribution < 1.29 is 19.4 Å². The summed E-state index contributed by atoms with van der Waals surface area (Å²) in [5, 5.41) is 8.74. The summed E-state index contributed by atoms with van der Waals surface area (Å²) in [5.41, 5.74) is 0.283. The van der Waals surface area contributed by atoms with E-state index in [0.717, 1.165) is 6.42 Å². The largest absolute Gasteiger partial charge is 0.481 e. The zero-order valence-electron chi connectivity index (χ0n) is 8.58. The fraction of sp³-hybridized carbons (Fsp3) is 0.600. The number of ether oxygens (including phenoxy) is 1. The summed E-state index contributed by atoms with van der Waals surface area (Å²) in [6, 6.07) is 0. The van der Waals surface area contributed by atoms with Gasteiger partial charge in [0.25, 0.3) is 0 Å². The Morgan fingerprint density at radius 3 is 2.43 bits per heavy atom. The molecule has 14 heavy (non-hydrogen) atoms. The predicted molar refractivity (Wildman–Crippen MR) is 51.8 cm³/mol. The van der Waals surface area contributed by atoms with Gasteiger partial charge in [-0.3, -0.25) is 4.79 Å². The average Bonchev–Trinajstić information content (AvgIpc) is 2.10. The monoisotopic (exact) mass is 200 g/mol. The van der Waals surface area contributed by atoms with E-state index in [1.807, 2.05) is 6.92 Å². The lowest BCUT2D eigenvalue weighted by atomic mass is 10.1. The number of aliphatic carboxylic acids is 1. The van der Waals surface area contributed by atoms with Crippen LogP contribution in [-0.2, 0) is 14.3 Å². The summed E-state index contributed by atoms with van der Waals surface area (Å²) < 4.78 is 4.76. The molecule has 0 aromatic carbocycles. The predicted octanol–water partition coefficient (Wildman–Crippen LogP) is 1.61. The molecule has 1 atom stereocenters. The Bertz CT molecular complexity index is 232. The van der Waals surface area contributed by atoms with Gasteiger partial charge in [-0.25, -0.2) is 4.79 Å². The Balaban J connectivity index is 4.00. The quantitative estimate of drug-likeness (QED) is 0.522. The molecular weight excluding hydrogens is 184 g/mol. The summed E-state index contributed by atoms with van der Waals surface area (Å²) in [4.78, 5) is 21.6. The van der Waals surface area contributed by atoms with Crippen molar-refractivity contribution in [2.75, 3.05) is 6.61 Å². The minimum atomic E-state index is -0.929. The number of hydrogen-bond acceptors (Lipinski definition) is 3. The molecule has 0 fully saturated rings. The van der Waals surface area contributed by atoms with Crippen molar-refractivity contribution >= 4 is 11.9 Å². The van der Waals surface area contributed by atoms with Crippen LogP contribution in [0.25, 0.3) is 0 Å². The van der Waals surface area contributed by atoms with Crippen molar-refractivity contribution in [1.29, 1.82) is 0 Å². The minimum Gasteiger partial charge on any atom is -0.481 e. The molecule has 0 aliphatic carbocycles. The highest BCUT2D eigenvalue weighted by Crippen LogP contribution is 2.08. The van der Waals surface area contributed by atoms with E-state index >= 15 is 0 Å². The first-order valence-electron chi connectivity index (χ1n) is 4.54. The van der Waals surface area contributed by atoms with Crippen molar-refractivity contribution in [3.8, 4) is 0 Å². The lowest BCUT2D eigenvalue weighted by Gasteiger charge is -2.11. The van der Waals surface area contributed by atoms with Crippen LogP contribution >= 0.6 is 0 Å². The van der Waals surface area contributed by atoms with Crippen LogP contribution in [-0.4, -0.2) is 23.7 Å². The highest BCUT2D eigenvalue weighted by Gasteiger charge is 2.18. The van der Waals surface area contributed by atoms with Gasteiger partial charge in [0.1, 0.15) is 6.61 Å². The van der Waals surface area contributed by atoms with E-state index in [4.69, 9.17) is 9.84 Å². The van der Waals surface area contributed by atoms with E-state index in [2.05, 4.69) is 6.58 Å². The number of carbonyl (C=O) groups excluding carboxylic acids is 1. The maximum atomic E-state index is 11.0. The van der Waals surface area contributed by atoms with Gasteiger partial charge in [0.05, 0.1) is 5.92 Å². The van der Waals surface area contributed by atoms with Crippen LogP contribution in [0.2, 0.25) is 0 Å². The normalized spacial score (nSPS) is 11.9. The topological polar surface area (TPSA) is 63.6 Å². The molecule has 0 aliphatic rings. The van der Waals surface area contributed by atoms with E-state index in [-0.39, 0.29) is 12.2 Å². The SMILES string of the molecule is C=C(C)C(=O)OCC(CCC)C(=O)O. The maximum absolute atomic E-state index is 11.0. The van der Waals surface area contributed by atoms with E-state index in [0.29, 0.717) is 6.42 Å². The minimum absolute atomic E-state index is 0.0745. The lowest BCUT2D eigenvalue weighted by molar-refractivity contribution is -0.148. The Morgan fingerprint density at radius 2 is 2.07 bits per heavy atom. The number of esters is 1. The molecular formula is C10H16O4. The molecule has 4 heteroatoms. The molecule has 0 amide bonds. The fourth-order valence-corrected chi connectivity index (χ4v) is 0.926. The maximum Gasteiger partial charge on any atom is 0.333 e. The number of carboxylic acid groups (broad SMARTS) is 1. The lowest BCUT2D eigenvalue weighted by Crippen LogP contribution is -2.21. The molecule has 0 aliphatic heterocycles. The Labute approximate surface area is 83.6 Å². The molecule has 0 heterocycles. The number of carboxylic acids is 1. The van der Waals surface area contributed by atoms with Gasteiger partial charge in [-0.15, -0.1) is 0 Å². The van der Waals surface area contributed by atoms with Crippen LogP contribution in [0.15, 0.2) is 12.2 Å². The van der Waals surface area contributed by atoms with Crippen LogP contribution in [0, 0.1) is 5.92 Å². The van der Waals surface area contributed by atoms with Gasteiger partial charge in [-0.05, 0) is 13.3 Å². The molecule has 0 bridgehead atoms. The van der Waals surface area contributed by atoms with Crippen molar-refractivity contribution in [3.63, 3.8) is 0 Å². The molecule has 0 saturated carbocycles. The van der Waals surface area contributed by atoms with Gasteiger partial charge in [-0.2, -0.15) is 0 Å². The first-order chi connectivity index (χ1) is 6.49. The highest BCUT2D eigenvalue weighted by atomic mass is 16.5. The molecule has 4 nitrogen and oxygen atoms in total. The third-order valence-electron chi connectivity index (χ3n) is 1.75. The van der Waals surface area contributed by atoms with Gasteiger partial charge >= 0.3 is 11.9 Å². The second kappa shape index (κ2) is 6.18. The first kappa shape index (κ1) is 12.7. The second-order valence-electron chi connectivity index (χ2n) is 3.20. The van der Waals surface area contributed by atoms with E-state index < -0.39 is 17.9 Å². The third kappa shape index (κ3) is 4.64.